The van der Waals surface area contributed by atoms with Crippen molar-refractivity contribution < 1.29 is 4.74 Å². The van der Waals surface area contributed by atoms with E-state index in [2.05, 4.69) is 42.6 Å². The Kier molecular flexibility index (Phi) is 6.98. The van der Waals surface area contributed by atoms with E-state index < -0.39 is 0 Å². The molecule has 0 amide bonds. The lowest BCUT2D eigenvalue weighted by Crippen LogP contribution is -2.25. The maximum absolute atomic E-state index is 5.12. The molecule has 0 atom stereocenters. The van der Waals surface area contributed by atoms with Crippen molar-refractivity contribution in [1.82, 2.24) is 5.32 Å². The number of methoxy groups -OCH3 is 1. The lowest BCUT2D eigenvalue weighted by atomic mass is 9.83. The lowest BCUT2D eigenvalue weighted by molar-refractivity contribution is 0.200. The summed E-state index contributed by atoms with van der Waals surface area (Å²) in [5.74, 6) is 0.759. The van der Waals surface area contributed by atoms with Crippen molar-refractivity contribution in [2.24, 2.45) is 5.92 Å². The first-order valence-electron chi connectivity index (χ1n) is 8.26. The van der Waals surface area contributed by atoms with Gasteiger partial charge in [-0.05, 0) is 31.2 Å². The molecule has 1 saturated carbocycles. The number of benzene rings is 1. The fraction of sp³-hybridized carbons (Fsp3) is 0.579. The number of aryl methyl sites for hydroxylation is 1. The number of nitrogens with one attached hydrogen (secondary N) is 1. The van der Waals surface area contributed by atoms with Crippen LogP contribution in [0.15, 0.2) is 29.8 Å². The molecule has 0 aliphatic heterocycles. The standard InChI is InChI=1S/C19H29NO/c1-16-7-6-8-17(13-16)14-19(15-20-11-12-21-2)18-9-4-3-5-10-18/h6-8,13-14,18,20H,3-5,9-12,15H2,1-2H3/b19-14-. The zero-order chi connectivity index (χ0) is 14.9. The van der Waals surface area contributed by atoms with Gasteiger partial charge in [0.25, 0.3) is 0 Å². The Morgan fingerprint density at radius 3 is 2.81 bits per heavy atom. The van der Waals surface area contributed by atoms with Crippen LogP contribution < -0.4 is 5.32 Å². The molecule has 0 aromatic heterocycles. The van der Waals surface area contributed by atoms with E-state index in [1.807, 2.05) is 0 Å². The van der Waals surface area contributed by atoms with Gasteiger partial charge in [0.1, 0.15) is 0 Å². The predicted molar refractivity (Wildman–Crippen MR) is 90.5 cm³/mol. The summed E-state index contributed by atoms with van der Waals surface area (Å²) in [6.07, 6.45) is 9.28. The van der Waals surface area contributed by atoms with Gasteiger partial charge in [-0.3, -0.25) is 0 Å². The van der Waals surface area contributed by atoms with Gasteiger partial charge in [-0.1, -0.05) is 60.7 Å². The molecule has 1 aliphatic carbocycles. The average Bonchev–Trinajstić information content (AvgIpc) is 2.51. The number of rotatable bonds is 7. The van der Waals surface area contributed by atoms with Crippen LogP contribution in [0.25, 0.3) is 6.08 Å². The molecule has 1 aromatic rings. The summed E-state index contributed by atoms with van der Waals surface area (Å²) in [4.78, 5) is 0. The minimum absolute atomic E-state index is 0.759. The Labute approximate surface area is 129 Å². The first-order chi connectivity index (χ1) is 10.3. The van der Waals surface area contributed by atoms with E-state index in [1.165, 1.54) is 43.2 Å². The van der Waals surface area contributed by atoms with Crippen LogP contribution in [-0.4, -0.2) is 26.8 Å². The molecule has 0 saturated heterocycles. The largest absolute Gasteiger partial charge is 0.383 e. The van der Waals surface area contributed by atoms with E-state index in [1.54, 1.807) is 12.7 Å². The maximum Gasteiger partial charge on any atom is 0.0587 e. The van der Waals surface area contributed by atoms with E-state index in [4.69, 9.17) is 4.74 Å². The normalized spacial score (nSPS) is 17.1. The van der Waals surface area contributed by atoms with Crippen LogP contribution in [0.5, 0.6) is 0 Å². The van der Waals surface area contributed by atoms with E-state index in [0.717, 1.165) is 25.6 Å². The van der Waals surface area contributed by atoms with Gasteiger partial charge in [-0.2, -0.15) is 0 Å². The molecule has 2 heteroatoms. The molecule has 21 heavy (non-hydrogen) atoms. The van der Waals surface area contributed by atoms with Crippen LogP contribution in [0.2, 0.25) is 0 Å². The van der Waals surface area contributed by atoms with Gasteiger partial charge in [0, 0.05) is 20.2 Å². The van der Waals surface area contributed by atoms with Gasteiger partial charge in [-0.25, -0.2) is 0 Å². The summed E-state index contributed by atoms with van der Waals surface area (Å²) in [6, 6.07) is 8.80. The smallest absolute Gasteiger partial charge is 0.0587 e. The van der Waals surface area contributed by atoms with E-state index in [-0.39, 0.29) is 0 Å². The lowest BCUT2D eigenvalue weighted by Gasteiger charge is -2.25. The molecule has 1 N–H and O–H groups in total. The third-order valence-electron chi connectivity index (χ3n) is 4.34. The molecule has 116 valence electrons. The zero-order valence-electron chi connectivity index (χ0n) is 13.5. The molecular formula is C19H29NO. The second kappa shape index (κ2) is 9.01. The van der Waals surface area contributed by atoms with Crippen molar-refractivity contribution in [3.63, 3.8) is 0 Å². The molecule has 1 aromatic carbocycles. The van der Waals surface area contributed by atoms with Gasteiger partial charge in [0.2, 0.25) is 0 Å². The Hall–Kier alpha value is -1.12. The summed E-state index contributed by atoms with van der Waals surface area (Å²) in [5.41, 5.74) is 4.24. The first kappa shape index (κ1) is 16.3. The molecule has 0 spiro atoms. The first-order valence-corrected chi connectivity index (χ1v) is 8.26. The SMILES string of the molecule is COCCNC/C(=C/c1cccc(C)c1)C1CCCCC1. The quantitative estimate of drug-likeness (QED) is 0.759. The maximum atomic E-state index is 5.12. The molecule has 0 unspecified atom stereocenters. The number of ether oxygens (including phenoxy) is 1. The second-order valence-corrected chi connectivity index (χ2v) is 6.14. The predicted octanol–water partition coefficient (Wildman–Crippen LogP) is 4.19. The van der Waals surface area contributed by atoms with Crippen molar-refractivity contribution in [2.45, 2.75) is 39.0 Å². The third kappa shape index (κ3) is 5.64. The van der Waals surface area contributed by atoms with Crippen molar-refractivity contribution in [1.29, 1.82) is 0 Å². The highest BCUT2D eigenvalue weighted by atomic mass is 16.5. The van der Waals surface area contributed by atoms with Crippen molar-refractivity contribution in [3.8, 4) is 0 Å². The summed E-state index contributed by atoms with van der Waals surface area (Å²) >= 11 is 0. The molecule has 1 aliphatic rings. The van der Waals surface area contributed by atoms with Crippen molar-refractivity contribution >= 4 is 6.08 Å². The van der Waals surface area contributed by atoms with Crippen LogP contribution in [0.1, 0.15) is 43.2 Å². The van der Waals surface area contributed by atoms with E-state index in [0.29, 0.717) is 0 Å². The minimum Gasteiger partial charge on any atom is -0.383 e. The molecule has 2 rings (SSSR count). The molecule has 0 heterocycles. The van der Waals surface area contributed by atoms with Gasteiger partial charge < -0.3 is 10.1 Å². The number of hydrogen-bond acceptors (Lipinski definition) is 2. The highest BCUT2D eigenvalue weighted by molar-refractivity contribution is 5.54. The Bertz CT molecular complexity index is 447. The fourth-order valence-electron chi connectivity index (χ4n) is 3.17. The van der Waals surface area contributed by atoms with Crippen LogP contribution in [0, 0.1) is 12.8 Å². The van der Waals surface area contributed by atoms with Crippen LogP contribution in [-0.2, 0) is 4.74 Å². The third-order valence-corrected chi connectivity index (χ3v) is 4.34. The Balaban J connectivity index is 2.06. The van der Waals surface area contributed by atoms with Gasteiger partial charge in [-0.15, -0.1) is 0 Å². The van der Waals surface area contributed by atoms with Gasteiger partial charge >= 0.3 is 0 Å². The molecular weight excluding hydrogens is 258 g/mol. The van der Waals surface area contributed by atoms with Crippen LogP contribution in [0.3, 0.4) is 0 Å². The molecule has 2 nitrogen and oxygen atoms in total. The Morgan fingerprint density at radius 2 is 2.10 bits per heavy atom. The van der Waals surface area contributed by atoms with E-state index in [9.17, 15) is 0 Å². The topological polar surface area (TPSA) is 21.3 Å². The highest BCUT2D eigenvalue weighted by Gasteiger charge is 2.17. The van der Waals surface area contributed by atoms with Gasteiger partial charge in [0.15, 0.2) is 0 Å². The minimum atomic E-state index is 0.759. The highest BCUT2D eigenvalue weighted by Crippen LogP contribution is 2.30. The zero-order valence-corrected chi connectivity index (χ0v) is 13.5. The summed E-state index contributed by atoms with van der Waals surface area (Å²) in [6.45, 7) is 4.85. The monoisotopic (exact) mass is 287 g/mol. The molecule has 0 bridgehead atoms. The Morgan fingerprint density at radius 1 is 1.29 bits per heavy atom. The van der Waals surface area contributed by atoms with Crippen molar-refractivity contribution in [2.75, 3.05) is 26.8 Å². The number of hydrogen-bond donors (Lipinski definition) is 1. The molecule has 1 fully saturated rings. The summed E-state index contributed by atoms with van der Waals surface area (Å²) in [5, 5.41) is 3.53. The summed E-state index contributed by atoms with van der Waals surface area (Å²) < 4.78 is 5.12. The summed E-state index contributed by atoms with van der Waals surface area (Å²) in [7, 11) is 1.76. The molecule has 0 radical (unpaired) electrons. The second-order valence-electron chi connectivity index (χ2n) is 6.14. The van der Waals surface area contributed by atoms with Crippen molar-refractivity contribution in [3.05, 3.63) is 41.0 Å². The van der Waals surface area contributed by atoms with E-state index >= 15 is 0 Å². The van der Waals surface area contributed by atoms with Crippen LogP contribution in [0.4, 0.5) is 0 Å². The van der Waals surface area contributed by atoms with Gasteiger partial charge in [0.05, 0.1) is 6.61 Å². The average molecular weight is 287 g/mol. The fourth-order valence-corrected chi connectivity index (χ4v) is 3.17. The van der Waals surface area contributed by atoms with Crippen LogP contribution >= 0.6 is 0 Å².